The van der Waals surface area contributed by atoms with Gasteiger partial charge >= 0.3 is 0 Å². The third-order valence-electron chi connectivity index (χ3n) is 5.51. The number of hydrogen-bond acceptors (Lipinski definition) is 1. The zero-order valence-corrected chi connectivity index (χ0v) is 14.1. The summed E-state index contributed by atoms with van der Waals surface area (Å²) in [5.74, 6) is 0.817. The number of hydrogen-bond donors (Lipinski definition) is 0. The minimum absolute atomic E-state index is 0.279. The fourth-order valence-corrected chi connectivity index (χ4v) is 4.49. The van der Waals surface area contributed by atoms with Gasteiger partial charge in [0.05, 0.1) is 0 Å². The molecule has 1 aromatic rings. The van der Waals surface area contributed by atoms with Gasteiger partial charge in [-0.05, 0) is 70.0 Å². The van der Waals surface area contributed by atoms with Gasteiger partial charge in [-0.1, -0.05) is 43.5 Å². The molecule has 1 unspecified atom stereocenters. The normalized spacial score (nSPS) is 25.4. The van der Waals surface area contributed by atoms with Crippen LogP contribution < -0.4 is 0 Å². The van der Waals surface area contributed by atoms with Crippen LogP contribution in [-0.4, -0.2) is 17.0 Å². The summed E-state index contributed by atoms with van der Waals surface area (Å²) in [7, 11) is 0. The molecule has 116 valence electrons. The summed E-state index contributed by atoms with van der Waals surface area (Å²) in [5, 5.41) is 0. The van der Waals surface area contributed by atoms with Crippen molar-refractivity contribution >= 4 is 0 Å². The first-order chi connectivity index (χ1) is 10.1. The molecule has 3 rings (SSSR count). The molecule has 0 N–H and O–H groups in total. The van der Waals surface area contributed by atoms with Crippen molar-refractivity contribution in [2.24, 2.45) is 0 Å². The molecule has 2 aliphatic rings. The van der Waals surface area contributed by atoms with E-state index in [2.05, 4.69) is 49.9 Å². The molecule has 0 aromatic heterocycles. The van der Waals surface area contributed by atoms with Gasteiger partial charge in [-0.15, -0.1) is 0 Å². The highest BCUT2D eigenvalue weighted by atomic mass is 15.2. The molecule has 0 spiro atoms. The number of nitrogens with zero attached hydrogens (tertiary/aromatic N) is 1. The van der Waals surface area contributed by atoms with Gasteiger partial charge in [-0.3, -0.25) is 4.90 Å². The maximum Gasteiger partial charge on any atom is 0.0356 e. The molecule has 1 nitrogen and oxygen atoms in total. The van der Waals surface area contributed by atoms with Crippen molar-refractivity contribution < 1.29 is 0 Å². The van der Waals surface area contributed by atoms with E-state index in [0.29, 0.717) is 6.04 Å². The molecule has 1 saturated carbocycles. The Balaban J connectivity index is 1.91. The Morgan fingerprint density at radius 1 is 0.857 bits per heavy atom. The zero-order chi connectivity index (χ0) is 14.9. The van der Waals surface area contributed by atoms with Crippen LogP contribution in [0.4, 0.5) is 0 Å². The first-order valence-electron chi connectivity index (χ1n) is 8.93. The van der Waals surface area contributed by atoms with Crippen molar-refractivity contribution in [3.63, 3.8) is 0 Å². The van der Waals surface area contributed by atoms with E-state index in [-0.39, 0.29) is 5.54 Å². The Morgan fingerprint density at radius 3 is 2.19 bits per heavy atom. The molecule has 1 aliphatic heterocycles. The average Bonchev–Trinajstić information content (AvgIpc) is 2.98. The lowest BCUT2D eigenvalue weighted by atomic mass is 9.80. The SMILES string of the molecule is CC(C)(C)N1CCCC1c1ccccc1C1CCCCC1. The molecule has 1 saturated heterocycles. The lowest BCUT2D eigenvalue weighted by Crippen LogP contribution is -2.40. The van der Waals surface area contributed by atoms with E-state index >= 15 is 0 Å². The molecule has 1 heterocycles. The van der Waals surface area contributed by atoms with Crippen LogP contribution >= 0.6 is 0 Å². The van der Waals surface area contributed by atoms with Gasteiger partial charge in [-0.25, -0.2) is 0 Å². The Hall–Kier alpha value is -0.820. The van der Waals surface area contributed by atoms with Crippen LogP contribution in [0.1, 0.15) is 88.8 Å². The van der Waals surface area contributed by atoms with Crippen LogP contribution in [0, 0.1) is 0 Å². The number of benzene rings is 1. The predicted octanol–water partition coefficient (Wildman–Crippen LogP) is 5.67. The fraction of sp³-hybridized carbons (Fsp3) is 0.700. The highest BCUT2D eigenvalue weighted by molar-refractivity contribution is 5.34. The topological polar surface area (TPSA) is 3.24 Å². The van der Waals surface area contributed by atoms with E-state index in [0.717, 1.165) is 5.92 Å². The summed E-state index contributed by atoms with van der Waals surface area (Å²) in [6.07, 6.45) is 9.77. The van der Waals surface area contributed by atoms with Crippen molar-refractivity contribution in [2.75, 3.05) is 6.54 Å². The van der Waals surface area contributed by atoms with E-state index in [4.69, 9.17) is 0 Å². The molecular formula is C20H31N. The molecule has 0 radical (unpaired) electrons. The highest BCUT2D eigenvalue weighted by Gasteiger charge is 2.35. The van der Waals surface area contributed by atoms with Crippen molar-refractivity contribution in [3.05, 3.63) is 35.4 Å². The molecule has 1 aliphatic carbocycles. The van der Waals surface area contributed by atoms with Gasteiger partial charge in [0.25, 0.3) is 0 Å². The predicted molar refractivity (Wildman–Crippen MR) is 90.7 cm³/mol. The van der Waals surface area contributed by atoms with E-state index in [9.17, 15) is 0 Å². The van der Waals surface area contributed by atoms with Crippen LogP contribution in [0.15, 0.2) is 24.3 Å². The minimum Gasteiger partial charge on any atom is -0.291 e. The smallest absolute Gasteiger partial charge is 0.0356 e. The molecular weight excluding hydrogens is 254 g/mol. The van der Waals surface area contributed by atoms with Crippen LogP contribution in [0.25, 0.3) is 0 Å². The van der Waals surface area contributed by atoms with Gasteiger partial charge in [0.1, 0.15) is 0 Å². The van der Waals surface area contributed by atoms with Crippen molar-refractivity contribution in [1.29, 1.82) is 0 Å². The Labute approximate surface area is 130 Å². The summed E-state index contributed by atoms with van der Waals surface area (Å²) in [6.45, 7) is 8.37. The highest BCUT2D eigenvalue weighted by Crippen LogP contribution is 2.42. The first-order valence-corrected chi connectivity index (χ1v) is 8.93. The molecule has 1 aromatic carbocycles. The third kappa shape index (κ3) is 3.18. The summed E-state index contributed by atoms with van der Waals surface area (Å²) in [5.41, 5.74) is 3.58. The Bertz CT molecular complexity index is 465. The monoisotopic (exact) mass is 285 g/mol. The van der Waals surface area contributed by atoms with Crippen LogP contribution in [0.2, 0.25) is 0 Å². The zero-order valence-electron chi connectivity index (χ0n) is 14.1. The van der Waals surface area contributed by atoms with Gasteiger partial charge in [0, 0.05) is 11.6 Å². The Morgan fingerprint density at radius 2 is 1.52 bits per heavy atom. The van der Waals surface area contributed by atoms with Crippen LogP contribution in [0.3, 0.4) is 0 Å². The van der Waals surface area contributed by atoms with Gasteiger partial charge in [-0.2, -0.15) is 0 Å². The number of likely N-dealkylation sites (tertiary alicyclic amines) is 1. The van der Waals surface area contributed by atoms with Crippen molar-refractivity contribution in [3.8, 4) is 0 Å². The summed E-state index contributed by atoms with van der Waals surface area (Å²) in [6, 6.07) is 9.98. The standard InChI is InChI=1S/C20H31N/c1-20(2,3)21-15-9-14-19(21)18-13-8-7-12-17(18)16-10-5-4-6-11-16/h7-8,12-13,16,19H,4-6,9-11,14-15H2,1-3H3. The summed E-state index contributed by atoms with van der Waals surface area (Å²) in [4.78, 5) is 2.73. The molecule has 1 atom stereocenters. The molecule has 0 bridgehead atoms. The maximum absolute atomic E-state index is 2.73. The molecule has 0 amide bonds. The molecule has 21 heavy (non-hydrogen) atoms. The summed E-state index contributed by atoms with van der Waals surface area (Å²) < 4.78 is 0. The fourth-order valence-electron chi connectivity index (χ4n) is 4.49. The van der Waals surface area contributed by atoms with Crippen LogP contribution in [0.5, 0.6) is 0 Å². The summed E-state index contributed by atoms with van der Waals surface area (Å²) >= 11 is 0. The van der Waals surface area contributed by atoms with Gasteiger partial charge < -0.3 is 0 Å². The van der Waals surface area contributed by atoms with Gasteiger partial charge in [0.15, 0.2) is 0 Å². The van der Waals surface area contributed by atoms with Crippen molar-refractivity contribution in [2.45, 2.75) is 83.2 Å². The largest absolute Gasteiger partial charge is 0.291 e. The van der Waals surface area contributed by atoms with E-state index in [1.165, 1.54) is 51.5 Å². The van der Waals surface area contributed by atoms with E-state index in [1.807, 2.05) is 0 Å². The molecule has 1 heteroatoms. The third-order valence-corrected chi connectivity index (χ3v) is 5.51. The Kier molecular flexibility index (Phi) is 4.40. The average molecular weight is 285 g/mol. The second-order valence-electron chi connectivity index (χ2n) is 7.99. The quantitative estimate of drug-likeness (QED) is 0.676. The lowest BCUT2D eigenvalue weighted by molar-refractivity contribution is 0.121. The second-order valence-corrected chi connectivity index (χ2v) is 7.99. The maximum atomic E-state index is 2.73. The van der Waals surface area contributed by atoms with E-state index < -0.39 is 0 Å². The van der Waals surface area contributed by atoms with Gasteiger partial charge in [0.2, 0.25) is 0 Å². The first kappa shape index (κ1) is 15.1. The van der Waals surface area contributed by atoms with Crippen LogP contribution in [-0.2, 0) is 0 Å². The number of rotatable bonds is 2. The lowest BCUT2D eigenvalue weighted by Gasteiger charge is -2.38. The minimum atomic E-state index is 0.279. The van der Waals surface area contributed by atoms with Crippen molar-refractivity contribution in [1.82, 2.24) is 4.90 Å². The van der Waals surface area contributed by atoms with E-state index in [1.54, 1.807) is 11.1 Å². The molecule has 2 fully saturated rings. The second kappa shape index (κ2) is 6.12.